The maximum Gasteiger partial charge on any atom is 0.264 e. The maximum absolute atomic E-state index is 14.9. The molecular weight excluding hydrogens is 674 g/mol. The maximum atomic E-state index is 14.9. The average molecular weight is 718 g/mol. The predicted molar refractivity (Wildman–Crippen MR) is 196 cm³/mol. The molecule has 0 bridgehead atoms. The first-order valence-electron chi connectivity index (χ1n) is 16.8. The van der Waals surface area contributed by atoms with Gasteiger partial charge in [0.1, 0.15) is 24.1 Å². The summed E-state index contributed by atoms with van der Waals surface area (Å²) >= 11 is 6.41. The highest BCUT2D eigenvalue weighted by molar-refractivity contribution is 7.92. The van der Waals surface area contributed by atoms with Gasteiger partial charge in [-0.15, -0.1) is 0 Å². The number of nitrogens with one attached hydrogen (secondary N) is 1. The van der Waals surface area contributed by atoms with E-state index in [1.165, 1.54) is 30.2 Å². The molecular formula is C39H44ClN3O6S. The van der Waals surface area contributed by atoms with E-state index in [-0.39, 0.29) is 46.3 Å². The Morgan fingerprint density at radius 2 is 1.56 bits per heavy atom. The summed E-state index contributed by atoms with van der Waals surface area (Å²) in [6.45, 7) is 1.26. The first-order chi connectivity index (χ1) is 24.1. The Morgan fingerprint density at radius 1 is 0.860 bits per heavy atom. The summed E-state index contributed by atoms with van der Waals surface area (Å²) in [5.41, 5.74) is 2.56. The number of benzene rings is 4. The molecule has 50 heavy (non-hydrogen) atoms. The minimum absolute atomic E-state index is 0.00238. The van der Waals surface area contributed by atoms with Crippen molar-refractivity contribution in [2.45, 2.75) is 69.0 Å². The van der Waals surface area contributed by atoms with Gasteiger partial charge in [0, 0.05) is 24.0 Å². The zero-order chi connectivity index (χ0) is 35.7. The van der Waals surface area contributed by atoms with Crippen molar-refractivity contribution in [3.8, 4) is 11.5 Å². The quantitative estimate of drug-likeness (QED) is 0.151. The molecule has 4 aromatic rings. The van der Waals surface area contributed by atoms with Crippen LogP contribution in [0.3, 0.4) is 0 Å². The second-order valence-electron chi connectivity index (χ2n) is 12.6. The van der Waals surface area contributed by atoms with Gasteiger partial charge in [0.2, 0.25) is 11.8 Å². The number of carbonyl (C=O) groups excluding carboxylic acids is 2. The monoisotopic (exact) mass is 717 g/mol. The van der Waals surface area contributed by atoms with E-state index in [1.54, 1.807) is 43.5 Å². The molecule has 0 heterocycles. The number of hydrogen-bond donors (Lipinski definition) is 1. The fourth-order valence-corrected chi connectivity index (χ4v) is 7.86. The highest BCUT2D eigenvalue weighted by Crippen LogP contribution is 2.35. The normalized spacial score (nSPS) is 14.0. The molecule has 1 aliphatic carbocycles. The molecule has 0 radical (unpaired) electrons. The van der Waals surface area contributed by atoms with Crippen molar-refractivity contribution in [1.29, 1.82) is 0 Å². The lowest BCUT2D eigenvalue weighted by Crippen LogP contribution is -2.55. The van der Waals surface area contributed by atoms with Gasteiger partial charge in [-0.1, -0.05) is 91.0 Å². The molecule has 2 amide bonds. The molecule has 1 atom stereocenters. The number of halogens is 1. The number of methoxy groups -OCH3 is 2. The van der Waals surface area contributed by atoms with Gasteiger partial charge in [0.15, 0.2) is 0 Å². The molecule has 264 valence electrons. The minimum atomic E-state index is -4.33. The molecule has 1 aliphatic rings. The van der Waals surface area contributed by atoms with Crippen LogP contribution >= 0.6 is 11.6 Å². The summed E-state index contributed by atoms with van der Waals surface area (Å²) in [6, 6.07) is 26.8. The van der Waals surface area contributed by atoms with E-state index in [0.29, 0.717) is 5.75 Å². The molecule has 0 spiro atoms. The fraction of sp³-hybridized carbons (Fsp3) is 0.333. The number of amides is 2. The molecule has 0 aliphatic heterocycles. The fourth-order valence-electron chi connectivity index (χ4n) is 6.27. The van der Waals surface area contributed by atoms with Crippen LogP contribution in [-0.2, 0) is 32.6 Å². The number of carbonyl (C=O) groups is 2. The zero-order valence-corrected chi connectivity index (χ0v) is 30.3. The number of anilines is 1. The van der Waals surface area contributed by atoms with Crippen LogP contribution in [0.1, 0.15) is 48.8 Å². The topological polar surface area (TPSA) is 105 Å². The Hall–Kier alpha value is -4.54. The lowest BCUT2D eigenvalue weighted by molar-refractivity contribution is -0.140. The summed E-state index contributed by atoms with van der Waals surface area (Å²) in [5.74, 6) is -0.0583. The van der Waals surface area contributed by atoms with Crippen LogP contribution in [0.4, 0.5) is 5.69 Å². The van der Waals surface area contributed by atoms with Gasteiger partial charge < -0.3 is 19.7 Å². The van der Waals surface area contributed by atoms with Crippen molar-refractivity contribution >= 4 is 39.1 Å². The van der Waals surface area contributed by atoms with Crippen molar-refractivity contribution in [1.82, 2.24) is 10.2 Å². The Balaban J connectivity index is 1.61. The van der Waals surface area contributed by atoms with Gasteiger partial charge in [-0.25, -0.2) is 8.42 Å². The lowest BCUT2D eigenvalue weighted by atomic mass is 9.94. The van der Waals surface area contributed by atoms with E-state index in [0.717, 1.165) is 53.1 Å². The summed E-state index contributed by atoms with van der Waals surface area (Å²) in [6.07, 6.45) is 5.12. The molecule has 11 heteroatoms. The largest absolute Gasteiger partial charge is 0.497 e. The van der Waals surface area contributed by atoms with Crippen LogP contribution in [0, 0.1) is 6.92 Å². The minimum Gasteiger partial charge on any atom is -0.497 e. The highest BCUT2D eigenvalue weighted by Gasteiger charge is 2.36. The number of hydrogen-bond acceptors (Lipinski definition) is 6. The van der Waals surface area contributed by atoms with Crippen molar-refractivity contribution in [3.63, 3.8) is 0 Å². The van der Waals surface area contributed by atoms with Gasteiger partial charge in [0.05, 0.1) is 24.8 Å². The molecule has 0 aromatic heterocycles. The Labute approximate surface area is 300 Å². The van der Waals surface area contributed by atoms with Gasteiger partial charge >= 0.3 is 0 Å². The van der Waals surface area contributed by atoms with E-state index in [9.17, 15) is 18.0 Å². The Bertz CT molecular complexity index is 1860. The Morgan fingerprint density at radius 3 is 2.24 bits per heavy atom. The third-order valence-corrected chi connectivity index (χ3v) is 11.0. The van der Waals surface area contributed by atoms with Crippen molar-refractivity contribution in [3.05, 3.63) is 119 Å². The van der Waals surface area contributed by atoms with Crippen LogP contribution in [0.2, 0.25) is 5.02 Å². The molecule has 9 nitrogen and oxygen atoms in total. The smallest absolute Gasteiger partial charge is 0.264 e. The van der Waals surface area contributed by atoms with Crippen molar-refractivity contribution < 1.29 is 27.5 Å². The number of sulfonamides is 1. The van der Waals surface area contributed by atoms with Gasteiger partial charge in [0.25, 0.3) is 10.0 Å². The molecule has 1 N–H and O–H groups in total. The summed E-state index contributed by atoms with van der Waals surface area (Å²) < 4.78 is 40.9. The van der Waals surface area contributed by atoms with E-state index in [1.807, 2.05) is 49.4 Å². The van der Waals surface area contributed by atoms with E-state index >= 15 is 0 Å². The third kappa shape index (κ3) is 9.17. The second kappa shape index (κ2) is 16.9. The highest BCUT2D eigenvalue weighted by atomic mass is 35.5. The summed E-state index contributed by atoms with van der Waals surface area (Å²) in [4.78, 5) is 30.7. The van der Waals surface area contributed by atoms with E-state index < -0.39 is 28.5 Å². The van der Waals surface area contributed by atoms with Crippen molar-refractivity contribution in [2.75, 3.05) is 25.1 Å². The molecule has 1 fully saturated rings. The first-order valence-corrected chi connectivity index (χ1v) is 18.6. The van der Waals surface area contributed by atoms with Crippen LogP contribution in [0.15, 0.2) is 102 Å². The summed E-state index contributed by atoms with van der Waals surface area (Å²) in [5, 5.41) is 3.49. The average Bonchev–Trinajstić information content (AvgIpc) is 3.13. The molecule has 1 saturated carbocycles. The van der Waals surface area contributed by atoms with Gasteiger partial charge in [-0.2, -0.15) is 0 Å². The van der Waals surface area contributed by atoms with Gasteiger partial charge in [-0.05, 0) is 73.4 Å². The first kappa shape index (κ1) is 36.7. The Kier molecular flexibility index (Phi) is 12.4. The molecule has 5 rings (SSSR count). The SMILES string of the molecule is COc1cccc(CN(C(=O)CN(c2cc(Cl)ccc2OC)S(=O)(=O)c2ccc(C)cc2)C(Cc2ccccc2)C(=O)NC2CCCCC2)c1. The zero-order valence-electron chi connectivity index (χ0n) is 28.7. The number of aryl methyl sites for hydroxylation is 1. The van der Waals surface area contributed by atoms with E-state index in [4.69, 9.17) is 21.1 Å². The van der Waals surface area contributed by atoms with Crippen LogP contribution < -0.4 is 19.1 Å². The van der Waals surface area contributed by atoms with Gasteiger partial charge in [-0.3, -0.25) is 13.9 Å². The number of ether oxygens (including phenoxy) is 2. The standard InChI is InChI=1S/C39H44ClN3O6S/c1-28-17-20-34(21-18-28)50(46,47)43(35-25-31(40)19-22-37(35)49-3)27-38(44)42(26-30-13-10-16-33(23-30)48-2)36(24-29-11-6-4-7-12-29)39(45)41-32-14-8-5-9-15-32/h4,6-7,10-13,16-23,25,32,36H,5,8-9,14-15,24,26-27H2,1-3H3,(H,41,45). The third-order valence-electron chi connectivity index (χ3n) is 9.01. The molecule has 4 aromatic carbocycles. The van der Waals surface area contributed by atoms with Crippen LogP contribution in [-0.4, -0.2) is 58.0 Å². The summed E-state index contributed by atoms with van der Waals surface area (Å²) in [7, 11) is -1.35. The van der Waals surface area contributed by atoms with Crippen LogP contribution in [0.25, 0.3) is 0 Å². The second-order valence-corrected chi connectivity index (χ2v) is 14.9. The molecule has 1 unspecified atom stereocenters. The van der Waals surface area contributed by atoms with Crippen LogP contribution in [0.5, 0.6) is 11.5 Å². The predicted octanol–water partition coefficient (Wildman–Crippen LogP) is 6.95. The number of rotatable bonds is 14. The lowest BCUT2D eigenvalue weighted by Gasteiger charge is -2.35. The van der Waals surface area contributed by atoms with E-state index in [2.05, 4.69) is 5.32 Å². The number of nitrogens with zero attached hydrogens (tertiary/aromatic N) is 2. The molecule has 0 saturated heterocycles. The van der Waals surface area contributed by atoms with Crippen molar-refractivity contribution in [2.24, 2.45) is 0 Å².